The zero-order valence-corrected chi connectivity index (χ0v) is 15.4. The molecule has 7 nitrogen and oxygen atoms in total. The van der Waals surface area contributed by atoms with Crippen LogP contribution in [0.4, 0.5) is 10.1 Å². The fourth-order valence-electron chi connectivity index (χ4n) is 2.78. The minimum Gasteiger partial charge on any atom is -0.493 e. The molecule has 2 amide bonds. The summed E-state index contributed by atoms with van der Waals surface area (Å²) in [7, 11) is 1.52. The van der Waals surface area contributed by atoms with Crippen molar-refractivity contribution < 1.29 is 28.2 Å². The number of benzene rings is 2. The van der Waals surface area contributed by atoms with Crippen molar-refractivity contribution in [2.75, 3.05) is 38.3 Å². The second-order valence-corrected chi connectivity index (χ2v) is 6.16. The molecule has 0 saturated carbocycles. The third-order valence-electron chi connectivity index (χ3n) is 4.22. The zero-order valence-electron chi connectivity index (χ0n) is 15.4. The molecule has 0 bridgehead atoms. The van der Waals surface area contributed by atoms with Crippen molar-refractivity contribution in [2.45, 2.75) is 6.10 Å². The second-order valence-electron chi connectivity index (χ2n) is 6.16. The van der Waals surface area contributed by atoms with Gasteiger partial charge >= 0.3 is 0 Å². The van der Waals surface area contributed by atoms with Crippen molar-refractivity contribution in [1.82, 2.24) is 5.32 Å². The molecule has 0 spiro atoms. The van der Waals surface area contributed by atoms with Crippen molar-refractivity contribution >= 4 is 17.5 Å². The number of hydrogen-bond acceptors (Lipinski definition) is 5. The molecule has 0 aliphatic carbocycles. The Balaban J connectivity index is 1.49. The number of methoxy groups -OCH3 is 1. The van der Waals surface area contributed by atoms with E-state index in [1.54, 1.807) is 24.3 Å². The summed E-state index contributed by atoms with van der Waals surface area (Å²) < 4.78 is 29.2. The number of morpholine rings is 1. The Morgan fingerprint density at radius 1 is 1.21 bits per heavy atom. The van der Waals surface area contributed by atoms with Gasteiger partial charge < -0.3 is 24.4 Å². The van der Waals surface area contributed by atoms with Gasteiger partial charge in [0, 0.05) is 12.2 Å². The summed E-state index contributed by atoms with van der Waals surface area (Å²) in [6.45, 7) is 0.209. The monoisotopic (exact) mass is 388 g/mol. The highest BCUT2D eigenvalue weighted by atomic mass is 19.1. The SMILES string of the molecule is COc1ccccc1OCC(=O)NCC1CN(c2ccc(F)cc2)C(=O)CO1. The molecule has 148 valence electrons. The molecule has 2 aromatic rings. The third-order valence-corrected chi connectivity index (χ3v) is 4.22. The van der Waals surface area contributed by atoms with E-state index >= 15 is 0 Å². The lowest BCUT2D eigenvalue weighted by Gasteiger charge is -2.32. The van der Waals surface area contributed by atoms with E-state index in [1.165, 1.54) is 36.3 Å². The van der Waals surface area contributed by atoms with Crippen molar-refractivity contribution in [3.8, 4) is 11.5 Å². The van der Waals surface area contributed by atoms with Crippen LogP contribution in [0.3, 0.4) is 0 Å². The van der Waals surface area contributed by atoms with Gasteiger partial charge in [0.15, 0.2) is 18.1 Å². The van der Waals surface area contributed by atoms with Gasteiger partial charge in [-0.2, -0.15) is 0 Å². The summed E-state index contributed by atoms with van der Waals surface area (Å²) in [6.07, 6.45) is -0.377. The lowest BCUT2D eigenvalue weighted by Crippen LogP contribution is -2.51. The van der Waals surface area contributed by atoms with E-state index in [0.29, 0.717) is 17.2 Å². The smallest absolute Gasteiger partial charge is 0.258 e. The maximum absolute atomic E-state index is 13.1. The Morgan fingerprint density at radius 3 is 2.64 bits per heavy atom. The first-order valence-electron chi connectivity index (χ1n) is 8.77. The van der Waals surface area contributed by atoms with Crippen LogP contribution in [0.25, 0.3) is 0 Å². The Labute approximate surface area is 162 Å². The fraction of sp³-hybridized carbons (Fsp3) is 0.300. The van der Waals surface area contributed by atoms with Crippen LogP contribution in [0.1, 0.15) is 0 Å². The molecule has 1 saturated heterocycles. The van der Waals surface area contributed by atoms with Crippen molar-refractivity contribution in [3.05, 3.63) is 54.3 Å². The number of anilines is 1. The molecule has 1 heterocycles. The molecule has 0 radical (unpaired) electrons. The topological polar surface area (TPSA) is 77.1 Å². The molecule has 2 aromatic carbocycles. The van der Waals surface area contributed by atoms with Gasteiger partial charge in [0.1, 0.15) is 12.4 Å². The lowest BCUT2D eigenvalue weighted by molar-refractivity contribution is -0.130. The first-order chi connectivity index (χ1) is 13.6. The Kier molecular flexibility index (Phi) is 6.44. The van der Waals surface area contributed by atoms with Crippen LogP contribution in [0, 0.1) is 5.82 Å². The van der Waals surface area contributed by atoms with Crippen molar-refractivity contribution in [3.63, 3.8) is 0 Å². The number of nitrogens with zero attached hydrogens (tertiary/aromatic N) is 1. The normalized spacial score (nSPS) is 16.6. The van der Waals surface area contributed by atoms with Crippen LogP contribution in [-0.4, -0.2) is 51.3 Å². The van der Waals surface area contributed by atoms with Gasteiger partial charge in [0.05, 0.1) is 19.8 Å². The van der Waals surface area contributed by atoms with E-state index in [1.807, 2.05) is 0 Å². The fourth-order valence-corrected chi connectivity index (χ4v) is 2.78. The molecule has 0 aromatic heterocycles. The number of halogens is 1. The molecule has 3 rings (SSSR count). The highest BCUT2D eigenvalue weighted by Crippen LogP contribution is 2.25. The van der Waals surface area contributed by atoms with Gasteiger partial charge in [-0.05, 0) is 36.4 Å². The Hall–Kier alpha value is -3.13. The predicted molar refractivity (Wildman–Crippen MR) is 100.0 cm³/mol. The largest absolute Gasteiger partial charge is 0.493 e. The van der Waals surface area contributed by atoms with Crippen LogP contribution in [0.2, 0.25) is 0 Å². The summed E-state index contributed by atoms with van der Waals surface area (Å²) in [4.78, 5) is 25.6. The highest BCUT2D eigenvalue weighted by Gasteiger charge is 2.27. The lowest BCUT2D eigenvalue weighted by atomic mass is 10.2. The van der Waals surface area contributed by atoms with E-state index in [2.05, 4.69) is 5.32 Å². The zero-order chi connectivity index (χ0) is 19.9. The average Bonchev–Trinajstić information content (AvgIpc) is 2.72. The van der Waals surface area contributed by atoms with Gasteiger partial charge in [-0.1, -0.05) is 12.1 Å². The standard InChI is InChI=1S/C20H21FN2O5/c1-26-17-4-2-3-5-18(17)28-12-19(24)22-10-16-11-23(20(25)13-27-16)15-8-6-14(21)7-9-15/h2-9,16H,10-13H2,1H3,(H,22,24). The molecule has 1 aliphatic heterocycles. The number of amides is 2. The summed E-state index contributed by atoms with van der Waals surface area (Å²) in [6, 6.07) is 12.7. The average molecular weight is 388 g/mol. The Bertz CT molecular complexity index is 828. The Morgan fingerprint density at radius 2 is 1.93 bits per heavy atom. The third kappa shape index (κ3) is 4.98. The molecule has 1 fully saturated rings. The summed E-state index contributed by atoms with van der Waals surface area (Å²) in [5, 5.41) is 2.73. The molecule has 1 unspecified atom stereocenters. The minimum absolute atomic E-state index is 0.102. The van der Waals surface area contributed by atoms with Crippen LogP contribution >= 0.6 is 0 Å². The number of carbonyl (C=O) groups is 2. The molecule has 1 N–H and O–H groups in total. The van der Waals surface area contributed by atoms with Crippen LogP contribution < -0.4 is 19.7 Å². The van der Waals surface area contributed by atoms with Crippen molar-refractivity contribution in [2.24, 2.45) is 0 Å². The van der Waals surface area contributed by atoms with E-state index in [4.69, 9.17) is 14.2 Å². The van der Waals surface area contributed by atoms with E-state index in [-0.39, 0.29) is 50.0 Å². The summed E-state index contributed by atoms with van der Waals surface area (Å²) in [5.41, 5.74) is 0.588. The maximum Gasteiger partial charge on any atom is 0.258 e. The molecule has 28 heavy (non-hydrogen) atoms. The van der Waals surface area contributed by atoms with Crippen LogP contribution in [-0.2, 0) is 14.3 Å². The number of nitrogens with one attached hydrogen (secondary N) is 1. The highest BCUT2D eigenvalue weighted by molar-refractivity contribution is 5.95. The van der Waals surface area contributed by atoms with Crippen LogP contribution in [0.15, 0.2) is 48.5 Å². The summed E-state index contributed by atoms with van der Waals surface area (Å²) >= 11 is 0. The van der Waals surface area contributed by atoms with Gasteiger partial charge in [0.25, 0.3) is 11.8 Å². The van der Waals surface area contributed by atoms with Gasteiger partial charge in [-0.3, -0.25) is 9.59 Å². The van der Waals surface area contributed by atoms with Crippen LogP contribution in [0.5, 0.6) is 11.5 Å². The molecular weight excluding hydrogens is 367 g/mol. The number of carbonyl (C=O) groups excluding carboxylic acids is 2. The molecule has 8 heteroatoms. The van der Waals surface area contributed by atoms with E-state index in [9.17, 15) is 14.0 Å². The first-order valence-corrected chi connectivity index (χ1v) is 8.77. The molecule has 1 aliphatic rings. The van der Waals surface area contributed by atoms with Gasteiger partial charge in [0.2, 0.25) is 0 Å². The van der Waals surface area contributed by atoms with Gasteiger partial charge in [-0.15, -0.1) is 0 Å². The molecule has 1 atom stereocenters. The first kappa shape index (κ1) is 19.6. The number of ether oxygens (including phenoxy) is 3. The quantitative estimate of drug-likeness (QED) is 0.782. The number of para-hydroxylation sites is 2. The number of hydrogen-bond donors (Lipinski definition) is 1. The minimum atomic E-state index is -0.377. The van der Waals surface area contributed by atoms with Crippen molar-refractivity contribution in [1.29, 1.82) is 0 Å². The second kappa shape index (κ2) is 9.18. The summed E-state index contributed by atoms with van der Waals surface area (Å²) in [5.74, 6) is 0.110. The number of rotatable bonds is 7. The predicted octanol–water partition coefficient (Wildman–Crippen LogP) is 1.76. The van der Waals surface area contributed by atoms with Gasteiger partial charge in [-0.25, -0.2) is 4.39 Å². The van der Waals surface area contributed by atoms with E-state index in [0.717, 1.165) is 0 Å². The van der Waals surface area contributed by atoms with E-state index < -0.39 is 0 Å². The molecular formula is C20H21FN2O5. The maximum atomic E-state index is 13.1.